The van der Waals surface area contributed by atoms with E-state index in [1.807, 2.05) is 28.9 Å². The van der Waals surface area contributed by atoms with E-state index in [0.29, 0.717) is 29.7 Å². The first kappa shape index (κ1) is 30.9. The van der Waals surface area contributed by atoms with Crippen LogP contribution in [0.5, 0.6) is 11.5 Å². The number of carbonyl (C=O) groups excluding carboxylic acids is 2. The lowest BCUT2D eigenvalue weighted by atomic mass is 9.93. The number of carbonyl (C=O) groups is 2. The molecule has 1 saturated carbocycles. The number of nitrogens with one attached hydrogen (secondary N) is 2. The molecule has 1 atom stereocenters. The van der Waals surface area contributed by atoms with Crippen LogP contribution in [0.4, 0.5) is 0 Å². The lowest BCUT2D eigenvalue weighted by molar-refractivity contribution is -0.122. The van der Waals surface area contributed by atoms with Gasteiger partial charge in [0.2, 0.25) is 5.91 Å². The van der Waals surface area contributed by atoms with Crippen LogP contribution in [-0.4, -0.2) is 72.4 Å². The van der Waals surface area contributed by atoms with Gasteiger partial charge in [-0.3, -0.25) is 14.3 Å². The van der Waals surface area contributed by atoms with E-state index < -0.39 is 0 Å². The minimum atomic E-state index is -0.266. The van der Waals surface area contributed by atoms with E-state index in [2.05, 4.69) is 29.4 Å². The largest absolute Gasteiger partial charge is 0.496 e. The van der Waals surface area contributed by atoms with Crippen molar-refractivity contribution in [2.75, 3.05) is 33.9 Å². The summed E-state index contributed by atoms with van der Waals surface area (Å²) in [5, 5.41) is 11.1. The Balaban J connectivity index is 1.57. The van der Waals surface area contributed by atoms with Crippen LogP contribution in [0.3, 0.4) is 0 Å². The molecule has 226 valence electrons. The standard InChI is InChI=1S/C32H49N5O4/c1-5-23(6-2)22-37-27(31-28(40-3)14-11-15-29(31)41-4)21-26(35-37)32(39)34-25(16-19-36-17-8-7-9-18-36)20-30(38)33-24-12-10-13-24/h11,14-15,21,23-25H,5-10,12-13,16-20,22H2,1-4H3,(H,33,38)(H,34,39)/t25-/m0/s1. The van der Waals surface area contributed by atoms with Gasteiger partial charge in [0.25, 0.3) is 5.91 Å². The van der Waals surface area contributed by atoms with Crippen LogP contribution in [0.2, 0.25) is 0 Å². The molecular weight excluding hydrogens is 518 g/mol. The monoisotopic (exact) mass is 567 g/mol. The number of nitrogens with zero attached hydrogens (tertiary/aromatic N) is 3. The number of hydrogen-bond acceptors (Lipinski definition) is 6. The van der Waals surface area contributed by atoms with Crippen molar-refractivity contribution in [2.24, 2.45) is 5.92 Å². The molecule has 0 radical (unpaired) electrons. The second-order valence-corrected chi connectivity index (χ2v) is 11.6. The van der Waals surface area contributed by atoms with Gasteiger partial charge in [0.15, 0.2) is 5.69 Å². The fraction of sp³-hybridized carbons (Fsp3) is 0.656. The number of methoxy groups -OCH3 is 2. The maximum Gasteiger partial charge on any atom is 0.272 e. The topological polar surface area (TPSA) is 97.7 Å². The van der Waals surface area contributed by atoms with E-state index in [-0.39, 0.29) is 30.3 Å². The zero-order chi connectivity index (χ0) is 29.2. The smallest absolute Gasteiger partial charge is 0.272 e. The second kappa shape index (κ2) is 15.2. The Morgan fingerprint density at radius 1 is 1.02 bits per heavy atom. The summed E-state index contributed by atoms with van der Waals surface area (Å²) in [6, 6.07) is 7.51. The summed E-state index contributed by atoms with van der Waals surface area (Å²) in [6.07, 6.45) is 9.97. The molecule has 2 N–H and O–H groups in total. The van der Waals surface area contributed by atoms with E-state index in [1.54, 1.807) is 14.2 Å². The minimum absolute atomic E-state index is 0.0114. The zero-order valence-corrected chi connectivity index (χ0v) is 25.4. The lowest BCUT2D eigenvalue weighted by Gasteiger charge is -2.29. The number of amides is 2. The number of aromatic nitrogens is 2. The Kier molecular flexibility index (Phi) is 11.5. The fourth-order valence-electron chi connectivity index (χ4n) is 5.83. The maximum absolute atomic E-state index is 13.7. The van der Waals surface area contributed by atoms with Crippen LogP contribution < -0.4 is 20.1 Å². The molecule has 1 aliphatic carbocycles. The molecule has 2 heterocycles. The summed E-state index contributed by atoms with van der Waals surface area (Å²) in [5.41, 5.74) is 1.89. The van der Waals surface area contributed by atoms with E-state index >= 15 is 0 Å². The molecule has 4 rings (SSSR count). The van der Waals surface area contributed by atoms with Crippen LogP contribution in [0.15, 0.2) is 24.3 Å². The van der Waals surface area contributed by atoms with Gasteiger partial charge in [-0.05, 0) is 75.7 Å². The molecule has 2 amide bonds. The van der Waals surface area contributed by atoms with Gasteiger partial charge >= 0.3 is 0 Å². The van der Waals surface area contributed by atoms with Gasteiger partial charge in [0, 0.05) is 31.6 Å². The molecule has 9 heteroatoms. The van der Waals surface area contributed by atoms with Gasteiger partial charge in [-0.25, -0.2) is 0 Å². The third kappa shape index (κ3) is 8.24. The summed E-state index contributed by atoms with van der Waals surface area (Å²) < 4.78 is 13.3. The van der Waals surface area contributed by atoms with Crippen molar-refractivity contribution in [3.8, 4) is 22.8 Å². The molecule has 2 aliphatic rings. The molecule has 2 aromatic rings. The summed E-state index contributed by atoms with van der Waals surface area (Å²) in [4.78, 5) is 29.0. The number of likely N-dealkylation sites (tertiary alicyclic amines) is 1. The molecule has 0 spiro atoms. The Morgan fingerprint density at radius 3 is 2.29 bits per heavy atom. The molecule has 0 unspecified atom stereocenters. The Hall–Kier alpha value is -3.07. The highest BCUT2D eigenvalue weighted by Crippen LogP contribution is 2.39. The van der Waals surface area contributed by atoms with Gasteiger partial charge < -0.3 is 25.0 Å². The van der Waals surface area contributed by atoms with Crippen LogP contribution in [0.1, 0.15) is 88.5 Å². The Bertz CT molecular complexity index is 1110. The molecule has 9 nitrogen and oxygen atoms in total. The summed E-state index contributed by atoms with van der Waals surface area (Å²) in [5.74, 6) is 1.49. The first-order chi connectivity index (χ1) is 19.9. The number of benzene rings is 1. The molecule has 1 saturated heterocycles. The predicted octanol–water partition coefficient (Wildman–Crippen LogP) is 5.04. The summed E-state index contributed by atoms with van der Waals surface area (Å²) in [7, 11) is 3.27. The first-order valence-corrected chi connectivity index (χ1v) is 15.6. The highest BCUT2D eigenvalue weighted by atomic mass is 16.5. The van der Waals surface area contributed by atoms with E-state index in [0.717, 1.165) is 63.0 Å². The van der Waals surface area contributed by atoms with Crippen molar-refractivity contribution in [1.29, 1.82) is 0 Å². The minimum Gasteiger partial charge on any atom is -0.496 e. The zero-order valence-electron chi connectivity index (χ0n) is 25.4. The predicted molar refractivity (Wildman–Crippen MR) is 161 cm³/mol. The average Bonchev–Trinajstić information content (AvgIpc) is 3.40. The Morgan fingerprint density at radius 2 is 1.71 bits per heavy atom. The summed E-state index contributed by atoms with van der Waals surface area (Å²) >= 11 is 0. The average molecular weight is 568 g/mol. The Labute approximate surface area is 245 Å². The quantitative estimate of drug-likeness (QED) is 0.313. The van der Waals surface area contributed by atoms with Gasteiger partial charge in [-0.15, -0.1) is 0 Å². The van der Waals surface area contributed by atoms with Crippen molar-refractivity contribution in [2.45, 2.75) is 96.7 Å². The molecule has 1 aromatic heterocycles. The molecular formula is C32H49N5O4. The normalized spacial score (nSPS) is 16.7. The van der Waals surface area contributed by atoms with Crippen LogP contribution in [-0.2, 0) is 11.3 Å². The third-order valence-electron chi connectivity index (χ3n) is 8.76. The number of ether oxygens (including phenoxy) is 2. The highest BCUT2D eigenvalue weighted by Gasteiger charge is 2.26. The van der Waals surface area contributed by atoms with Crippen molar-refractivity contribution in [3.05, 3.63) is 30.0 Å². The number of piperidine rings is 1. The van der Waals surface area contributed by atoms with Gasteiger partial charge in [0.1, 0.15) is 11.5 Å². The molecule has 2 fully saturated rings. The van der Waals surface area contributed by atoms with Crippen molar-refractivity contribution < 1.29 is 19.1 Å². The van der Waals surface area contributed by atoms with Gasteiger partial charge in [0.05, 0.1) is 25.5 Å². The summed E-state index contributed by atoms with van der Waals surface area (Å²) in [6.45, 7) is 8.07. The number of rotatable bonds is 15. The first-order valence-electron chi connectivity index (χ1n) is 15.6. The number of hydrogen-bond donors (Lipinski definition) is 2. The van der Waals surface area contributed by atoms with Crippen molar-refractivity contribution in [1.82, 2.24) is 25.3 Å². The lowest BCUT2D eigenvalue weighted by Crippen LogP contribution is -2.45. The molecule has 0 bridgehead atoms. The fourth-order valence-corrected chi connectivity index (χ4v) is 5.83. The SMILES string of the molecule is CCC(CC)Cn1nc(C(=O)N[C@@H](CCN2CCCCC2)CC(=O)NC2CCC2)cc1-c1c(OC)cccc1OC. The molecule has 1 aliphatic heterocycles. The molecule has 41 heavy (non-hydrogen) atoms. The van der Waals surface area contributed by atoms with E-state index in [9.17, 15) is 9.59 Å². The van der Waals surface area contributed by atoms with E-state index in [1.165, 1.54) is 25.7 Å². The third-order valence-corrected chi connectivity index (χ3v) is 8.76. The highest BCUT2D eigenvalue weighted by molar-refractivity contribution is 5.94. The second-order valence-electron chi connectivity index (χ2n) is 11.6. The van der Waals surface area contributed by atoms with E-state index in [4.69, 9.17) is 14.6 Å². The van der Waals surface area contributed by atoms with Crippen LogP contribution in [0.25, 0.3) is 11.3 Å². The van der Waals surface area contributed by atoms with Crippen molar-refractivity contribution >= 4 is 11.8 Å². The van der Waals surface area contributed by atoms with Crippen molar-refractivity contribution in [3.63, 3.8) is 0 Å². The maximum atomic E-state index is 13.7. The van der Waals surface area contributed by atoms with Gasteiger partial charge in [-0.1, -0.05) is 39.2 Å². The molecule has 1 aromatic carbocycles. The van der Waals surface area contributed by atoms with Crippen LogP contribution >= 0.6 is 0 Å². The van der Waals surface area contributed by atoms with Gasteiger partial charge in [-0.2, -0.15) is 5.10 Å². The van der Waals surface area contributed by atoms with Crippen LogP contribution in [0, 0.1) is 5.92 Å².